The fraction of sp³-hybridized carbons (Fsp3) is 0.304. The van der Waals surface area contributed by atoms with Gasteiger partial charge in [0.1, 0.15) is 6.04 Å². The van der Waals surface area contributed by atoms with Gasteiger partial charge in [-0.05, 0) is 55.8 Å². The Balaban J connectivity index is 1.63. The van der Waals surface area contributed by atoms with Gasteiger partial charge in [-0.25, -0.2) is 0 Å². The molecule has 1 aromatic carbocycles. The zero-order valence-electron chi connectivity index (χ0n) is 16.7. The highest BCUT2D eigenvalue weighted by Crippen LogP contribution is 2.48. The van der Waals surface area contributed by atoms with E-state index < -0.39 is 0 Å². The molecule has 0 N–H and O–H groups in total. The first-order chi connectivity index (χ1) is 14.0. The minimum Gasteiger partial charge on any atom is -0.341 e. The van der Waals surface area contributed by atoms with E-state index >= 15 is 0 Å². The van der Waals surface area contributed by atoms with E-state index in [1.165, 1.54) is 17.0 Å². The minimum absolute atomic E-state index is 0.0134. The Morgan fingerprint density at radius 3 is 2.72 bits per heavy atom. The largest absolute Gasteiger partial charge is 0.341 e. The van der Waals surface area contributed by atoms with Crippen LogP contribution in [0.2, 0.25) is 5.02 Å². The van der Waals surface area contributed by atoms with Gasteiger partial charge in [0.2, 0.25) is 0 Å². The van der Waals surface area contributed by atoms with Gasteiger partial charge in [0, 0.05) is 40.1 Å². The molecule has 4 heterocycles. The summed E-state index contributed by atoms with van der Waals surface area (Å²) in [5, 5.41) is 2.45. The van der Waals surface area contributed by atoms with Crippen molar-refractivity contribution < 1.29 is 0 Å². The third kappa shape index (κ3) is 3.17. The molecular weight excluding hydrogens is 400 g/mol. The number of benzene rings is 1. The highest BCUT2D eigenvalue weighted by Gasteiger charge is 2.44. The summed E-state index contributed by atoms with van der Waals surface area (Å²) in [6.07, 6.45) is 1.86. The van der Waals surface area contributed by atoms with Gasteiger partial charge in [0.05, 0.1) is 11.7 Å². The Labute approximate surface area is 180 Å². The summed E-state index contributed by atoms with van der Waals surface area (Å²) < 4.78 is 2.29. The van der Waals surface area contributed by atoms with E-state index in [1.54, 1.807) is 0 Å². The number of nitrogens with zero attached hydrogens (tertiary/aromatic N) is 4. The van der Waals surface area contributed by atoms with Crippen molar-refractivity contribution in [3.63, 3.8) is 0 Å². The second kappa shape index (κ2) is 7.22. The summed E-state index contributed by atoms with van der Waals surface area (Å²) in [5.74, 6) is 0. The van der Waals surface area contributed by atoms with Gasteiger partial charge in [0.25, 0.3) is 0 Å². The van der Waals surface area contributed by atoms with Gasteiger partial charge in [0.15, 0.2) is 5.17 Å². The monoisotopic (exact) mass is 422 g/mol. The average molecular weight is 423 g/mol. The van der Waals surface area contributed by atoms with Crippen LogP contribution < -0.4 is 0 Å². The molecule has 3 aromatic rings. The van der Waals surface area contributed by atoms with Gasteiger partial charge >= 0.3 is 0 Å². The molecule has 5 rings (SSSR count). The predicted octanol–water partition coefficient (Wildman–Crippen LogP) is 5.73. The zero-order chi connectivity index (χ0) is 20.1. The standard InChI is InChI=1S/C23H23ClN4S/c1-14-11-19(16(3)28(14)18-8-6-7-17(24)12-18)22-21(20-9-4-5-10-25-20)26-23-27(22)13-15(2)29-23/h4-12,15,21-22H,13H2,1-3H3/t15-,21-,22-/m0/s1. The summed E-state index contributed by atoms with van der Waals surface area (Å²) in [5.41, 5.74) is 5.87. The van der Waals surface area contributed by atoms with Crippen molar-refractivity contribution in [2.45, 2.75) is 38.1 Å². The molecule has 0 aliphatic carbocycles. The quantitative estimate of drug-likeness (QED) is 0.540. The molecule has 29 heavy (non-hydrogen) atoms. The van der Waals surface area contributed by atoms with Crippen molar-refractivity contribution in [3.8, 4) is 5.69 Å². The summed E-state index contributed by atoms with van der Waals surface area (Å²) in [6.45, 7) is 7.64. The Morgan fingerprint density at radius 1 is 1.10 bits per heavy atom. The Bertz CT molecular complexity index is 1090. The van der Waals surface area contributed by atoms with Gasteiger partial charge in [-0.2, -0.15) is 0 Å². The van der Waals surface area contributed by atoms with Gasteiger partial charge in [-0.1, -0.05) is 42.4 Å². The minimum atomic E-state index is 0.0134. The first-order valence-electron chi connectivity index (χ1n) is 9.89. The number of aromatic nitrogens is 2. The number of hydrogen-bond acceptors (Lipinski definition) is 4. The maximum Gasteiger partial charge on any atom is 0.160 e. The van der Waals surface area contributed by atoms with E-state index in [4.69, 9.17) is 16.6 Å². The van der Waals surface area contributed by atoms with Crippen LogP contribution in [0, 0.1) is 13.8 Å². The molecule has 2 aromatic heterocycles. The maximum absolute atomic E-state index is 6.27. The number of pyridine rings is 1. The summed E-state index contributed by atoms with van der Waals surface area (Å²) in [4.78, 5) is 12.2. The lowest BCUT2D eigenvalue weighted by molar-refractivity contribution is 0.320. The second-order valence-corrected chi connectivity index (χ2v) is 9.62. The fourth-order valence-electron chi connectivity index (χ4n) is 4.55. The van der Waals surface area contributed by atoms with Crippen LogP contribution in [0.5, 0.6) is 0 Å². The first kappa shape index (κ1) is 18.8. The number of amidine groups is 1. The molecule has 0 unspecified atom stereocenters. The number of hydrogen-bond donors (Lipinski definition) is 0. The molecule has 0 bridgehead atoms. The Kier molecular flexibility index (Phi) is 4.67. The number of thioether (sulfide) groups is 1. The molecule has 1 fully saturated rings. The highest BCUT2D eigenvalue weighted by atomic mass is 35.5. The maximum atomic E-state index is 6.27. The van der Waals surface area contributed by atoms with Crippen molar-refractivity contribution in [2.24, 2.45) is 4.99 Å². The van der Waals surface area contributed by atoms with Crippen LogP contribution in [0.4, 0.5) is 0 Å². The third-order valence-electron chi connectivity index (χ3n) is 5.74. The molecule has 2 aliphatic heterocycles. The molecular formula is C23H23ClN4S. The normalized spacial score (nSPS) is 23.4. The summed E-state index contributed by atoms with van der Waals surface area (Å²) in [6, 6.07) is 16.6. The fourth-order valence-corrected chi connectivity index (χ4v) is 5.83. The lowest BCUT2D eigenvalue weighted by Crippen LogP contribution is -2.28. The highest BCUT2D eigenvalue weighted by molar-refractivity contribution is 8.14. The van der Waals surface area contributed by atoms with E-state index in [2.05, 4.69) is 53.4 Å². The van der Waals surface area contributed by atoms with Gasteiger partial charge < -0.3 is 9.47 Å². The molecule has 6 heteroatoms. The Hall–Kier alpha value is -2.24. The van der Waals surface area contributed by atoms with E-state index in [9.17, 15) is 0 Å². The number of aliphatic imine (C=N–C) groups is 1. The van der Waals surface area contributed by atoms with Crippen LogP contribution in [0.25, 0.3) is 5.69 Å². The molecule has 0 amide bonds. The number of aryl methyl sites for hydroxylation is 1. The van der Waals surface area contributed by atoms with Crippen molar-refractivity contribution in [2.75, 3.05) is 6.54 Å². The molecule has 1 saturated heterocycles. The van der Waals surface area contributed by atoms with E-state index in [0.717, 1.165) is 28.1 Å². The summed E-state index contributed by atoms with van der Waals surface area (Å²) in [7, 11) is 0. The van der Waals surface area contributed by atoms with Crippen LogP contribution in [0.3, 0.4) is 0 Å². The molecule has 0 saturated carbocycles. The van der Waals surface area contributed by atoms with E-state index in [0.29, 0.717) is 5.25 Å². The van der Waals surface area contributed by atoms with Crippen LogP contribution in [-0.4, -0.2) is 31.4 Å². The van der Waals surface area contributed by atoms with Gasteiger partial charge in [-0.3, -0.25) is 9.98 Å². The van der Waals surface area contributed by atoms with Gasteiger partial charge in [-0.15, -0.1) is 0 Å². The molecule has 4 nitrogen and oxygen atoms in total. The van der Waals surface area contributed by atoms with Crippen molar-refractivity contribution >= 4 is 28.5 Å². The second-order valence-electron chi connectivity index (χ2n) is 7.78. The smallest absolute Gasteiger partial charge is 0.160 e. The van der Waals surface area contributed by atoms with Crippen molar-refractivity contribution in [1.29, 1.82) is 0 Å². The lowest BCUT2D eigenvalue weighted by atomic mass is 9.96. The zero-order valence-corrected chi connectivity index (χ0v) is 18.3. The molecule has 2 aliphatic rings. The lowest BCUT2D eigenvalue weighted by Gasteiger charge is -2.27. The molecule has 148 valence electrons. The number of rotatable bonds is 3. The van der Waals surface area contributed by atoms with Crippen LogP contribution >= 0.6 is 23.4 Å². The van der Waals surface area contributed by atoms with Crippen molar-refractivity contribution in [3.05, 3.63) is 82.4 Å². The topological polar surface area (TPSA) is 33.4 Å². The van der Waals surface area contributed by atoms with Crippen LogP contribution in [0.1, 0.15) is 41.7 Å². The first-order valence-corrected chi connectivity index (χ1v) is 11.2. The SMILES string of the molecule is Cc1cc([C@H]2[C@H](c3ccccn3)N=C3S[C@@H](C)CN32)c(C)n1-c1cccc(Cl)c1. The molecule has 3 atom stereocenters. The average Bonchev–Trinajstić information content (AvgIpc) is 3.32. The van der Waals surface area contributed by atoms with Crippen LogP contribution in [0.15, 0.2) is 59.7 Å². The van der Waals surface area contributed by atoms with E-state index in [1.807, 2.05) is 48.3 Å². The number of fused-ring (bicyclic) bond motifs is 1. The van der Waals surface area contributed by atoms with Crippen molar-refractivity contribution in [1.82, 2.24) is 14.5 Å². The van der Waals surface area contributed by atoms with E-state index in [-0.39, 0.29) is 12.1 Å². The molecule has 0 spiro atoms. The summed E-state index contributed by atoms with van der Waals surface area (Å²) >= 11 is 8.15. The van der Waals surface area contributed by atoms with Crippen LogP contribution in [-0.2, 0) is 0 Å². The third-order valence-corrected chi connectivity index (χ3v) is 7.07. The Morgan fingerprint density at radius 2 is 1.97 bits per heavy atom. The number of halogens is 1. The molecule has 0 radical (unpaired) electrons. The predicted molar refractivity (Wildman–Crippen MR) is 121 cm³/mol.